The van der Waals surface area contributed by atoms with Crippen LogP contribution >= 0.6 is 0 Å². The lowest BCUT2D eigenvalue weighted by Gasteiger charge is -2.04. The SMILES string of the molecule is CCCNCCCn1cnccc1=O. The van der Waals surface area contributed by atoms with Crippen molar-refractivity contribution >= 4 is 0 Å². The Hall–Kier alpha value is -1.16. The molecule has 1 aromatic heterocycles. The lowest BCUT2D eigenvalue weighted by Crippen LogP contribution is -2.22. The molecule has 4 nitrogen and oxygen atoms in total. The van der Waals surface area contributed by atoms with E-state index in [-0.39, 0.29) is 5.56 Å². The molecule has 0 aliphatic carbocycles. The van der Waals surface area contributed by atoms with Gasteiger partial charge in [0.2, 0.25) is 0 Å². The van der Waals surface area contributed by atoms with E-state index in [0.717, 1.165) is 32.5 Å². The number of aryl methyl sites for hydroxylation is 1. The van der Waals surface area contributed by atoms with Crippen molar-refractivity contribution in [2.75, 3.05) is 13.1 Å². The summed E-state index contributed by atoms with van der Waals surface area (Å²) in [5.41, 5.74) is 0.0236. The Morgan fingerprint density at radius 2 is 2.36 bits per heavy atom. The summed E-state index contributed by atoms with van der Waals surface area (Å²) >= 11 is 0. The third-order valence-corrected chi connectivity index (χ3v) is 1.97. The van der Waals surface area contributed by atoms with E-state index in [2.05, 4.69) is 17.2 Å². The zero-order valence-electron chi connectivity index (χ0n) is 8.57. The average molecular weight is 195 g/mol. The summed E-state index contributed by atoms with van der Waals surface area (Å²) in [5, 5.41) is 3.29. The van der Waals surface area contributed by atoms with E-state index in [1.54, 1.807) is 10.9 Å². The maximum atomic E-state index is 11.2. The Bertz CT molecular complexity index is 308. The van der Waals surface area contributed by atoms with Crippen LogP contribution in [-0.2, 0) is 6.54 Å². The molecule has 0 aliphatic rings. The van der Waals surface area contributed by atoms with Gasteiger partial charge in [-0.2, -0.15) is 0 Å². The number of hydrogen-bond donors (Lipinski definition) is 1. The van der Waals surface area contributed by atoms with Gasteiger partial charge in [0.1, 0.15) is 0 Å². The van der Waals surface area contributed by atoms with Gasteiger partial charge >= 0.3 is 0 Å². The number of rotatable bonds is 6. The highest BCUT2D eigenvalue weighted by atomic mass is 16.1. The van der Waals surface area contributed by atoms with Crippen LogP contribution in [0.5, 0.6) is 0 Å². The third-order valence-electron chi connectivity index (χ3n) is 1.97. The molecule has 0 fully saturated rings. The summed E-state index contributed by atoms with van der Waals surface area (Å²) in [6, 6.07) is 1.49. The van der Waals surface area contributed by atoms with Gasteiger partial charge in [0.25, 0.3) is 5.56 Å². The standard InChI is InChI=1S/C10H17N3O/c1-2-5-11-6-3-8-13-9-12-7-4-10(13)14/h4,7,9,11H,2-3,5-6,8H2,1H3. The van der Waals surface area contributed by atoms with Gasteiger partial charge in [0.15, 0.2) is 0 Å². The number of nitrogens with zero attached hydrogens (tertiary/aromatic N) is 2. The Kier molecular flexibility index (Phi) is 4.93. The van der Waals surface area contributed by atoms with Crippen LogP contribution in [0, 0.1) is 0 Å². The fraction of sp³-hybridized carbons (Fsp3) is 0.600. The number of nitrogens with one attached hydrogen (secondary N) is 1. The van der Waals surface area contributed by atoms with Gasteiger partial charge in [-0.1, -0.05) is 6.92 Å². The number of aromatic nitrogens is 2. The quantitative estimate of drug-likeness (QED) is 0.677. The Labute approximate surface area is 84.0 Å². The fourth-order valence-corrected chi connectivity index (χ4v) is 1.22. The molecule has 0 saturated heterocycles. The van der Waals surface area contributed by atoms with E-state index in [1.807, 2.05) is 0 Å². The van der Waals surface area contributed by atoms with E-state index in [1.165, 1.54) is 12.3 Å². The third kappa shape index (κ3) is 3.70. The minimum atomic E-state index is 0.0236. The highest BCUT2D eigenvalue weighted by molar-refractivity contribution is 4.81. The molecular formula is C10H17N3O. The molecule has 1 rings (SSSR count). The largest absolute Gasteiger partial charge is 0.317 e. The molecule has 14 heavy (non-hydrogen) atoms. The first kappa shape index (κ1) is 10.9. The number of hydrogen-bond acceptors (Lipinski definition) is 3. The van der Waals surface area contributed by atoms with Crippen LogP contribution in [0.4, 0.5) is 0 Å². The van der Waals surface area contributed by atoms with Crippen molar-refractivity contribution in [2.45, 2.75) is 26.3 Å². The van der Waals surface area contributed by atoms with Crippen molar-refractivity contribution in [3.63, 3.8) is 0 Å². The van der Waals surface area contributed by atoms with Crippen LogP contribution in [0.25, 0.3) is 0 Å². The Morgan fingerprint density at radius 3 is 3.07 bits per heavy atom. The second kappa shape index (κ2) is 6.32. The molecule has 1 heterocycles. The summed E-state index contributed by atoms with van der Waals surface area (Å²) in [6.45, 7) is 4.87. The van der Waals surface area contributed by atoms with Gasteiger partial charge in [-0.3, -0.25) is 9.36 Å². The monoisotopic (exact) mass is 195 g/mol. The smallest absolute Gasteiger partial charge is 0.253 e. The molecule has 78 valence electrons. The van der Waals surface area contributed by atoms with E-state index < -0.39 is 0 Å². The molecule has 0 atom stereocenters. The van der Waals surface area contributed by atoms with Gasteiger partial charge in [0, 0.05) is 18.8 Å². The Morgan fingerprint density at radius 1 is 1.50 bits per heavy atom. The molecule has 0 bridgehead atoms. The zero-order chi connectivity index (χ0) is 10.2. The van der Waals surface area contributed by atoms with Crippen LogP contribution < -0.4 is 10.9 Å². The molecular weight excluding hydrogens is 178 g/mol. The maximum Gasteiger partial charge on any atom is 0.253 e. The lowest BCUT2D eigenvalue weighted by molar-refractivity contribution is 0.563. The van der Waals surface area contributed by atoms with Crippen molar-refractivity contribution < 1.29 is 0 Å². The molecule has 1 aromatic rings. The molecule has 1 N–H and O–H groups in total. The first-order chi connectivity index (χ1) is 6.84. The van der Waals surface area contributed by atoms with Crippen LogP contribution in [-0.4, -0.2) is 22.6 Å². The van der Waals surface area contributed by atoms with Crippen LogP contribution in [0.1, 0.15) is 19.8 Å². The van der Waals surface area contributed by atoms with E-state index in [4.69, 9.17) is 0 Å². The summed E-state index contributed by atoms with van der Waals surface area (Å²) in [7, 11) is 0. The van der Waals surface area contributed by atoms with Crippen LogP contribution in [0.15, 0.2) is 23.4 Å². The second-order valence-electron chi connectivity index (χ2n) is 3.22. The van der Waals surface area contributed by atoms with Gasteiger partial charge in [-0.05, 0) is 25.9 Å². The molecule has 0 unspecified atom stereocenters. The lowest BCUT2D eigenvalue weighted by atomic mass is 10.4. The normalized spacial score (nSPS) is 10.4. The molecule has 0 amide bonds. The maximum absolute atomic E-state index is 11.2. The second-order valence-corrected chi connectivity index (χ2v) is 3.22. The summed E-state index contributed by atoms with van der Waals surface area (Å²) in [4.78, 5) is 15.1. The highest BCUT2D eigenvalue weighted by Gasteiger charge is 1.93. The minimum Gasteiger partial charge on any atom is -0.317 e. The van der Waals surface area contributed by atoms with E-state index in [9.17, 15) is 4.79 Å². The van der Waals surface area contributed by atoms with Crippen LogP contribution in [0.2, 0.25) is 0 Å². The van der Waals surface area contributed by atoms with Gasteiger partial charge in [-0.25, -0.2) is 4.98 Å². The van der Waals surface area contributed by atoms with Crippen molar-refractivity contribution in [1.29, 1.82) is 0 Å². The van der Waals surface area contributed by atoms with Crippen molar-refractivity contribution in [3.05, 3.63) is 28.9 Å². The van der Waals surface area contributed by atoms with E-state index in [0.29, 0.717) is 0 Å². The predicted molar refractivity (Wildman–Crippen MR) is 56.3 cm³/mol. The summed E-state index contributed by atoms with van der Waals surface area (Å²) in [5.74, 6) is 0. The van der Waals surface area contributed by atoms with Gasteiger partial charge < -0.3 is 5.32 Å². The van der Waals surface area contributed by atoms with Gasteiger partial charge in [0.05, 0.1) is 6.33 Å². The minimum absolute atomic E-state index is 0.0236. The summed E-state index contributed by atoms with van der Waals surface area (Å²) < 4.78 is 1.63. The Balaban J connectivity index is 2.25. The van der Waals surface area contributed by atoms with Crippen LogP contribution in [0.3, 0.4) is 0 Å². The van der Waals surface area contributed by atoms with Crippen molar-refractivity contribution in [3.8, 4) is 0 Å². The topological polar surface area (TPSA) is 46.9 Å². The average Bonchev–Trinajstić information content (AvgIpc) is 2.20. The molecule has 0 radical (unpaired) electrons. The fourth-order valence-electron chi connectivity index (χ4n) is 1.22. The van der Waals surface area contributed by atoms with Gasteiger partial charge in [-0.15, -0.1) is 0 Å². The first-order valence-electron chi connectivity index (χ1n) is 5.05. The summed E-state index contributed by atoms with van der Waals surface area (Å²) in [6.07, 6.45) is 5.22. The highest BCUT2D eigenvalue weighted by Crippen LogP contribution is 1.84. The predicted octanol–water partition coefficient (Wildman–Crippen LogP) is 0.633. The van der Waals surface area contributed by atoms with Crippen molar-refractivity contribution in [1.82, 2.24) is 14.9 Å². The molecule has 4 heteroatoms. The van der Waals surface area contributed by atoms with Crippen molar-refractivity contribution in [2.24, 2.45) is 0 Å². The zero-order valence-corrected chi connectivity index (χ0v) is 8.57. The molecule has 0 saturated carbocycles. The molecule has 0 spiro atoms. The molecule has 0 aromatic carbocycles. The van der Waals surface area contributed by atoms with E-state index >= 15 is 0 Å². The first-order valence-corrected chi connectivity index (χ1v) is 5.05. The molecule has 0 aliphatic heterocycles.